The second-order valence-corrected chi connectivity index (χ2v) is 4.05. The maximum absolute atomic E-state index is 11.3. The highest BCUT2D eigenvalue weighted by atomic mass is 16.8. The van der Waals surface area contributed by atoms with E-state index >= 15 is 0 Å². The van der Waals surface area contributed by atoms with E-state index in [2.05, 4.69) is 0 Å². The Morgan fingerprint density at radius 3 is 2.77 bits per heavy atom. The van der Waals surface area contributed by atoms with Crippen LogP contribution in [-0.2, 0) is 9.47 Å². The molecule has 2 aliphatic heterocycles. The summed E-state index contributed by atoms with van der Waals surface area (Å²) in [6, 6.07) is -0.0771. The van der Waals surface area contributed by atoms with Crippen molar-refractivity contribution in [3.05, 3.63) is 5.21 Å². The molecule has 1 fully saturated rings. The normalized spacial score (nSPS) is 41.8. The van der Waals surface area contributed by atoms with Crippen molar-refractivity contribution in [3.63, 3.8) is 0 Å². The van der Waals surface area contributed by atoms with E-state index in [-0.39, 0.29) is 18.2 Å². The second-order valence-electron chi connectivity index (χ2n) is 4.05. The molecule has 0 radical (unpaired) electrons. The van der Waals surface area contributed by atoms with Gasteiger partial charge in [0.2, 0.25) is 0 Å². The lowest BCUT2D eigenvalue weighted by molar-refractivity contribution is -0.501. The minimum Gasteiger partial charge on any atom is -0.624 e. The molecule has 0 unspecified atom stereocenters. The molecule has 1 saturated heterocycles. The molecule has 0 N–H and O–H groups in total. The lowest BCUT2D eigenvalue weighted by atomic mass is 10.1. The Labute approximate surface area is 77.7 Å². The summed E-state index contributed by atoms with van der Waals surface area (Å²) in [5.74, 6) is -0.541. The van der Waals surface area contributed by atoms with E-state index in [4.69, 9.17) is 9.47 Å². The third kappa shape index (κ3) is 1.34. The summed E-state index contributed by atoms with van der Waals surface area (Å²) in [5.41, 5.74) is 0. The first-order chi connectivity index (χ1) is 6.03. The molecule has 13 heavy (non-hydrogen) atoms. The highest BCUT2D eigenvalue weighted by Crippen LogP contribution is 2.33. The third-order valence-electron chi connectivity index (χ3n) is 2.58. The molecule has 2 heterocycles. The van der Waals surface area contributed by atoms with Gasteiger partial charge in [-0.1, -0.05) is 6.92 Å². The largest absolute Gasteiger partial charge is 0.624 e. The summed E-state index contributed by atoms with van der Waals surface area (Å²) in [4.78, 5) is 0. The van der Waals surface area contributed by atoms with Gasteiger partial charge in [-0.15, -0.1) is 0 Å². The van der Waals surface area contributed by atoms with Gasteiger partial charge in [-0.05, 0) is 13.8 Å². The van der Waals surface area contributed by atoms with Gasteiger partial charge in [0.1, 0.15) is 0 Å². The van der Waals surface area contributed by atoms with Crippen LogP contribution in [0.5, 0.6) is 0 Å². The fraction of sp³-hybridized carbons (Fsp3) is 0.889. The quantitative estimate of drug-likeness (QED) is 0.450. The van der Waals surface area contributed by atoms with Gasteiger partial charge in [0.25, 0.3) is 0 Å². The van der Waals surface area contributed by atoms with Gasteiger partial charge in [-0.2, -0.15) is 0 Å². The highest BCUT2D eigenvalue weighted by Gasteiger charge is 2.52. The SMILES string of the molecule is CC[C@@H]1[C@H]2OC(C)(C)O[C@H]2C=[N+]1[O-]. The van der Waals surface area contributed by atoms with Gasteiger partial charge < -0.3 is 14.7 Å². The number of ether oxygens (including phenoxy) is 2. The maximum Gasteiger partial charge on any atom is 0.191 e. The molecule has 4 nitrogen and oxygen atoms in total. The molecule has 3 atom stereocenters. The summed E-state index contributed by atoms with van der Waals surface area (Å²) in [6.45, 7) is 5.74. The number of hydrogen-bond donors (Lipinski definition) is 0. The minimum atomic E-state index is -0.541. The lowest BCUT2D eigenvalue weighted by Crippen LogP contribution is -2.33. The number of hydrogen-bond acceptors (Lipinski definition) is 3. The van der Waals surface area contributed by atoms with Crippen LogP contribution in [0.2, 0.25) is 0 Å². The molecule has 0 aromatic rings. The second kappa shape index (κ2) is 2.69. The van der Waals surface area contributed by atoms with Crippen molar-refractivity contribution in [2.75, 3.05) is 0 Å². The lowest BCUT2D eigenvalue weighted by Gasteiger charge is -2.20. The standard InChI is InChI=1S/C9H15NO3/c1-4-6-8-7(5-10(6)11)12-9(2,3)13-8/h5-8H,4H2,1-3H3/t6-,7+,8-/m1/s1. The number of fused-ring (bicyclic) bond motifs is 1. The van der Waals surface area contributed by atoms with E-state index in [1.54, 1.807) is 6.21 Å². The van der Waals surface area contributed by atoms with Crippen LogP contribution < -0.4 is 0 Å². The Balaban J connectivity index is 2.18. The first-order valence-electron chi connectivity index (χ1n) is 4.69. The van der Waals surface area contributed by atoms with Crippen molar-refractivity contribution in [3.8, 4) is 0 Å². The van der Waals surface area contributed by atoms with Crippen LogP contribution in [0.25, 0.3) is 0 Å². The van der Waals surface area contributed by atoms with E-state index in [9.17, 15) is 5.21 Å². The van der Waals surface area contributed by atoms with Crippen LogP contribution in [0.3, 0.4) is 0 Å². The van der Waals surface area contributed by atoms with Gasteiger partial charge >= 0.3 is 0 Å². The maximum atomic E-state index is 11.3. The smallest absolute Gasteiger partial charge is 0.191 e. The number of hydroxylamine groups is 1. The van der Waals surface area contributed by atoms with Gasteiger partial charge in [0.05, 0.1) is 0 Å². The molecular weight excluding hydrogens is 170 g/mol. The fourth-order valence-electron chi connectivity index (χ4n) is 2.04. The van der Waals surface area contributed by atoms with Gasteiger partial charge in [-0.25, -0.2) is 4.74 Å². The molecular formula is C9H15NO3. The zero-order valence-corrected chi connectivity index (χ0v) is 8.19. The van der Waals surface area contributed by atoms with Crippen molar-refractivity contribution in [1.29, 1.82) is 0 Å². The van der Waals surface area contributed by atoms with Crippen LogP contribution in [-0.4, -0.2) is 35.0 Å². The number of nitrogens with zero attached hydrogens (tertiary/aromatic N) is 1. The van der Waals surface area contributed by atoms with Crippen LogP contribution in [0, 0.1) is 5.21 Å². The van der Waals surface area contributed by atoms with Crippen LogP contribution in [0.15, 0.2) is 0 Å². The molecule has 0 saturated carbocycles. The highest BCUT2D eigenvalue weighted by molar-refractivity contribution is 5.61. The minimum absolute atomic E-state index is 0.0771. The Bertz CT molecular complexity index is 249. The summed E-state index contributed by atoms with van der Waals surface area (Å²) >= 11 is 0. The van der Waals surface area contributed by atoms with Crippen molar-refractivity contribution in [2.24, 2.45) is 0 Å². The first kappa shape index (κ1) is 8.97. The van der Waals surface area contributed by atoms with Gasteiger partial charge in [-0.3, -0.25) is 0 Å². The summed E-state index contributed by atoms with van der Waals surface area (Å²) < 4.78 is 12.2. The Kier molecular flexibility index (Phi) is 1.85. The molecule has 0 aromatic heterocycles. The average Bonchev–Trinajstić information content (AvgIpc) is 2.39. The van der Waals surface area contributed by atoms with E-state index in [0.29, 0.717) is 0 Å². The van der Waals surface area contributed by atoms with Crippen LogP contribution in [0.4, 0.5) is 0 Å². The van der Waals surface area contributed by atoms with E-state index in [1.807, 2.05) is 20.8 Å². The third-order valence-corrected chi connectivity index (χ3v) is 2.58. The predicted octanol–water partition coefficient (Wildman–Crippen LogP) is 0.880. The van der Waals surface area contributed by atoms with Gasteiger partial charge in [0, 0.05) is 6.42 Å². The molecule has 0 bridgehead atoms. The molecule has 2 aliphatic rings. The van der Waals surface area contributed by atoms with Crippen molar-refractivity contribution >= 4 is 6.21 Å². The Morgan fingerprint density at radius 1 is 1.46 bits per heavy atom. The van der Waals surface area contributed by atoms with Gasteiger partial charge in [0.15, 0.2) is 30.3 Å². The number of rotatable bonds is 1. The monoisotopic (exact) mass is 185 g/mol. The molecule has 4 heteroatoms. The van der Waals surface area contributed by atoms with E-state index < -0.39 is 5.79 Å². The zero-order chi connectivity index (χ0) is 9.64. The Hall–Kier alpha value is -0.610. The summed E-state index contributed by atoms with van der Waals surface area (Å²) in [7, 11) is 0. The predicted molar refractivity (Wildman–Crippen MR) is 47.6 cm³/mol. The van der Waals surface area contributed by atoms with E-state index in [0.717, 1.165) is 11.2 Å². The topological polar surface area (TPSA) is 44.5 Å². The molecule has 74 valence electrons. The van der Waals surface area contributed by atoms with Crippen LogP contribution in [0.1, 0.15) is 27.2 Å². The van der Waals surface area contributed by atoms with Crippen molar-refractivity contribution in [2.45, 2.75) is 51.2 Å². The molecule has 0 amide bonds. The van der Waals surface area contributed by atoms with E-state index in [1.165, 1.54) is 0 Å². The first-order valence-corrected chi connectivity index (χ1v) is 4.69. The molecule has 0 aromatic carbocycles. The average molecular weight is 185 g/mol. The molecule has 0 spiro atoms. The zero-order valence-electron chi connectivity index (χ0n) is 8.19. The van der Waals surface area contributed by atoms with Crippen molar-refractivity contribution < 1.29 is 14.2 Å². The fourth-order valence-corrected chi connectivity index (χ4v) is 2.04. The Morgan fingerprint density at radius 2 is 2.15 bits per heavy atom. The van der Waals surface area contributed by atoms with Crippen LogP contribution >= 0.6 is 0 Å². The summed E-state index contributed by atoms with van der Waals surface area (Å²) in [6.07, 6.45) is 2.13. The molecule has 0 aliphatic carbocycles. The van der Waals surface area contributed by atoms with Crippen molar-refractivity contribution in [1.82, 2.24) is 0 Å². The molecule has 2 rings (SSSR count). The summed E-state index contributed by atoms with van der Waals surface area (Å²) in [5, 5.41) is 11.3.